The van der Waals surface area contributed by atoms with Gasteiger partial charge in [-0.05, 0) is 6.42 Å². The van der Waals surface area contributed by atoms with E-state index in [9.17, 15) is 14.4 Å². The molecule has 1 saturated carbocycles. The fourth-order valence-corrected chi connectivity index (χ4v) is 1.94. The minimum atomic E-state index is -1.18. The molecule has 2 amide bonds. The van der Waals surface area contributed by atoms with Crippen LogP contribution in [0.4, 0.5) is 5.82 Å². The average molecular weight is 221 g/mol. The number of piperidine rings is 1. The number of fused-ring (bicyclic) bond motifs is 1. The molecule has 2 fully saturated rings. The third kappa shape index (κ3) is 1.02. The second-order valence-corrected chi connectivity index (χ2v) is 3.91. The number of rotatable bonds is 2. The number of nitrogens with zero attached hydrogens (tertiary/aromatic N) is 2. The molecular formula is C9H7N3O4. The lowest BCUT2D eigenvalue weighted by atomic mass is 10.3. The lowest BCUT2D eigenvalue weighted by Gasteiger charge is -2.11. The second-order valence-electron chi connectivity index (χ2n) is 3.91. The van der Waals surface area contributed by atoms with Crippen LogP contribution in [0.1, 0.15) is 16.9 Å². The van der Waals surface area contributed by atoms with E-state index in [0.717, 1.165) is 4.90 Å². The number of hydrogen-bond acceptors (Lipinski definition) is 4. The van der Waals surface area contributed by atoms with Gasteiger partial charge in [-0.25, -0.2) is 9.69 Å². The highest BCUT2D eigenvalue weighted by atomic mass is 16.4. The molecule has 0 bridgehead atoms. The van der Waals surface area contributed by atoms with Crippen molar-refractivity contribution < 1.29 is 19.5 Å². The quantitative estimate of drug-likeness (QED) is 0.662. The molecule has 82 valence electrons. The van der Waals surface area contributed by atoms with Crippen LogP contribution in [-0.4, -0.2) is 33.1 Å². The molecule has 1 aliphatic heterocycles. The van der Waals surface area contributed by atoms with Gasteiger partial charge in [0.1, 0.15) is 5.69 Å². The Hall–Kier alpha value is -2.18. The highest BCUT2D eigenvalue weighted by Gasteiger charge is 2.59. The summed E-state index contributed by atoms with van der Waals surface area (Å²) in [7, 11) is 0. The molecule has 1 aromatic heterocycles. The molecule has 3 rings (SSSR count). The molecule has 2 aliphatic rings. The highest BCUT2D eigenvalue weighted by molar-refractivity contribution is 6.24. The van der Waals surface area contributed by atoms with Gasteiger partial charge in [0.25, 0.3) is 0 Å². The van der Waals surface area contributed by atoms with Crippen LogP contribution in [-0.2, 0) is 9.59 Å². The van der Waals surface area contributed by atoms with E-state index in [1.54, 1.807) is 0 Å². The van der Waals surface area contributed by atoms with Crippen molar-refractivity contribution in [2.45, 2.75) is 6.42 Å². The number of aromatic carboxylic acids is 1. The Bertz CT molecular complexity index is 501. The smallest absolute Gasteiger partial charge is 0.353 e. The third-order valence-electron chi connectivity index (χ3n) is 2.89. The minimum absolute atomic E-state index is 0.0691. The number of imide groups is 1. The van der Waals surface area contributed by atoms with Crippen LogP contribution in [0.25, 0.3) is 0 Å². The number of anilines is 1. The van der Waals surface area contributed by atoms with Gasteiger partial charge >= 0.3 is 5.97 Å². The molecular weight excluding hydrogens is 214 g/mol. The predicted octanol–water partition coefficient (Wildman–Crippen LogP) is -0.383. The van der Waals surface area contributed by atoms with E-state index in [2.05, 4.69) is 10.2 Å². The number of amides is 2. The number of hydrogen-bond donors (Lipinski definition) is 2. The van der Waals surface area contributed by atoms with Gasteiger partial charge in [-0.15, -0.1) is 0 Å². The molecule has 7 nitrogen and oxygen atoms in total. The molecule has 0 radical (unpaired) electrons. The molecule has 0 aromatic carbocycles. The summed E-state index contributed by atoms with van der Waals surface area (Å²) in [5.41, 5.74) is -0.142. The summed E-state index contributed by atoms with van der Waals surface area (Å²) in [6, 6.07) is 1.18. The van der Waals surface area contributed by atoms with E-state index in [0.29, 0.717) is 6.42 Å². The summed E-state index contributed by atoms with van der Waals surface area (Å²) in [6.45, 7) is 0. The van der Waals surface area contributed by atoms with Gasteiger partial charge in [0.2, 0.25) is 11.8 Å². The lowest BCUT2D eigenvalue weighted by molar-refractivity contribution is -0.123. The van der Waals surface area contributed by atoms with Crippen molar-refractivity contribution in [3.8, 4) is 0 Å². The number of carboxylic acid groups (broad SMARTS) is 1. The molecule has 2 unspecified atom stereocenters. The first-order valence-electron chi connectivity index (χ1n) is 4.76. The van der Waals surface area contributed by atoms with Crippen LogP contribution in [0.15, 0.2) is 6.07 Å². The Morgan fingerprint density at radius 1 is 1.44 bits per heavy atom. The van der Waals surface area contributed by atoms with Crippen LogP contribution in [0.5, 0.6) is 0 Å². The Balaban J connectivity index is 1.95. The van der Waals surface area contributed by atoms with Gasteiger partial charge in [-0.1, -0.05) is 0 Å². The first kappa shape index (κ1) is 9.08. The zero-order chi connectivity index (χ0) is 11.4. The number of nitrogens with one attached hydrogen (secondary N) is 1. The third-order valence-corrected chi connectivity index (χ3v) is 2.89. The van der Waals surface area contributed by atoms with Crippen molar-refractivity contribution >= 4 is 23.6 Å². The van der Waals surface area contributed by atoms with Crippen LogP contribution in [0.3, 0.4) is 0 Å². The zero-order valence-corrected chi connectivity index (χ0v) is 8.01. The summed E-state index contributed by atoms with van der Waals surface area (Å²) < 4.78 is 0. The van der Waals surface area contributed by atoms with E-state index in [1.165, 1.54) is 6.07 Å². The van der Waals surface area contributed by atoms with Crippen LogP contribution in [0, 0.1) is 11.8 Å². The van der Waals surface area contributed by atoms with Crippen molar-refractivity contribution in [3.63, 3.8) is 0 Å². The number of carbonyl (C=O) groups excluding carboxylic acids is 2. The molecule has 2 N–H and O–H groups in total. The Morgan fingerprint density at radius 3 is 2.56 bits per heavy atom. The van der Waals surface area contributed by atoms with E-state index >= 15 is 0 Å². The van der Waals surface area contributed by atoms with E-state index in [-0.39, 0.29) is 35.2 Å². The van der Waals surface area contributed by atoms with Gasteiger partial charge in [-0.2, -0.15) is 5.10 Å². The maximum atomic E-state index is 11.6. The number of H-pyrrole nitrogens is 1. The molecule has 7 heteroatoms. The van der Waals surface area contributed by atoms with Crippen molar-refractivity contribution in [2.75, 3.05) is 4.90 Å². The van der Waals surface area contributed by atoms with Crippen molar-refractivity contribution in [3.05, 3.63) is 11.8 Å². The van der Waals surface area contributed by atoms with E-state index < -0.39 is 5.97 Å². The molecule has 1 aromatic rings. The maximum Gasteiger partial charge on any atom is 0.353 e. The summed E-state index contributed by atoms with van der Waals surface area (Å²) in [4.78, 5) is 34.8. The van der Waals surface area contributed by atoms with Crippen LogP contribution >= 0.6 is 0 Å². The van der Waals surface area contributed by atoms with Gasteiger partial charge < -0.3 is 5.11 Å². The topological polar surface area (TPSA) is 103 Å². The minimum Gasteiger partial charge on any atom is -0.477 e. The van der Waals surface area contributed by atoms with Crippen LogP contribution < -0.4 is 4.90 Å². The number of carbonyl (C=O) groups is 3. The van der Waals surface area contributed by atoms with E-state index in [1.807, 2.05) is 0 Å². The summed E-state index contributed by atoms with van der Waals surface area (Å²) >= 11 is 0. The Morgan fingerprint density at radius 2 is 2.06 bits per heavy atom. The number of carboxylic acids is 1. The summed E-state index contributed by atoms with van der Waals surface area (Å²) in [6.07, 6.45) is 0.615. The monoisotopic (exact) mass is 221 g/mol. The summed E-state index contributed by atoms with van der Waals surface area (Å²) in [5, 5.41) is 14.6. The second kappa shape index (κ2) is 2.69. The van der Waals surface area contributed by atoms with Gasteiger partial charge in [0.15, 0.2) is 5.82 Å². The largest absolute Gasteiger partial charge is 0.477 e. The first-order chi connectivity index (χ1) is 7.59. The fourth-order valence-electron chi connectivity index (χ4n) is 1.94. The van der Waals surface area contributed by atoms with Gasteiger partial charge in [-0.3, -0.25) is 14.7 Å². The van der Waals surface area contributed by atoms with E-state index in [4.69, 9.17) is 5.11 Å². The molecule has 16 heavy (non-hydrogen) atoms. The van der Waals surface area contributed by atoms with Gasteiger partial charge in [0, 0.05) is 6.07 Å². The number of aromatic nitrogens is 2. The van der Waals surface area contributed by atoms with Crippen LogP contribution in [0.2, 0.25) is 0 Å². The highest BCUT2D eigenvalue weighted by Crippen LogP contribution is 2.48. The standard InChI is InChI=1S/C9H7N3O4/c13-7-3-1-4(3)8(14)12(7)6-2-5(9(15)16)10-11-6/h2-4H,1H2,(H,10,11)(H,15,16). The predicted molar refractivity (Wildman–Crippen MR) is 49.6 cm³/mol. The normalized spacial score (nSPS) is 27.1. The van der Waals surface area contributed by atoms with Crippen molar-refractivity contribution in [2.24, 2.45) is 11.8 Å². The molecule has 2 atom stereocenters. The maximum absolute atomic E-state index is 11.6. The first-order valence-corrected chi connectivity index (χ1v) is 4.76. The molecule has 2 heterocycles. The van der Waals surface area contributed by atoms with Crippen molar-refractivity contribution in [1.82, 2.24) is 10.2 Å². The Labute approximate surface area is 89.0 Å². The zero-order valence-electron chi connectivity index (χ0n) is 8.01. The molecule has 1 saturated heterocycles. The summed E-state index contributed by atoms with van der Waals surface area (Å²) in [5.74, 6) is -2.09. The van der Waals surface area contributed by atoms with Crippen molar-refractivity contribution in [1.29, 1.82) is 0 Å². The molecule has 0 spiro atoms. The SMILES string of the molecule is O=C(O)c1cc(N2C(=O)C3CC3C2=O)n[nH]1. The number of aromatic amines is 1. The average Bonchev–Trinajstić information content (AvgIpc) is 2.82. The molecule has 1 aliphatic carbocycles. The van der Waals surface area contributed by atoms with Gasteiger partial charge in [0.05, 0.1) is 11.8 Å². The fraction of sp³-hybridized carbons (Fsp3) is 0.333. The lowest BCUT2D eigenvalue weighted by Crippen LogP contribution is -2.33. The Kier molecular flexibility index (Phi) is 1.52.